The first kappa shape index (κ1) is 25.5. The van der Waals surface area contributed by atoms with Crippen LogP contribution < -0.4 is 0 Å². The van der Waals surface area contributed by atoms with Gasteiger partial charge >= 0.3 is 0 Å². The summed E-state index contributed by atoms with van der Waals surface area (Å²) in [4.78, 5) is 23.8. The second kappa shape index (κ2) is 11.6. The van der Waals surface area contributed by atoms with E-state index in [-0.39, 0.29) is 11.7 Å². The zero-order chi connectivity index (χ0) is 25.9. The highest BCUT2D eigenvalue weighted by molar-refractivity contribution is 5.80. The van der Waals surface area contributed by atoms with E-state index < -0.39 is 0 Å². The monoisotopic (exact) mass is 516 g/mol. The second-order valence-corrected chi connectivity index (χ2v) is 11.7. The lowest BCUT2D eigenvalue weighted by molar-refractivity contribution is -0.144. The molecule has 5 nitrogen and oxygen atoms in total. The molecule has 1 aromatic heterocycles. The molecule has 1 amide bonds. The van der Waals surface area contributed by atoms with Crippen molar-refractivity contribution >= 4 is 16.9 Å². The molecule has 0 unspecified atom stereocenters. The van der Waals surface area contributed by atoms with Gasteiger partial charge in [-0.15, -0.1) is 0 Å². The van der Waals surface area contributed by atoms with E-state index in [1.807, 2.05) is 30.3 Å². The normalized spacial score (nSPS) is 20.7. The Morgan fingerprint density at radius 2 is 1.42 bits per heavy atom. The van der Waals surface area contributed by atoms with Crippen LogP contribution in [0.5, 0.6) is 0 Å². The molecule has 2 heterocycles. The Labute approximate surface area is 226 Å². The third-order valence-corrected chi connectivity index (χ3v) is 9.21. The molecule has 0 spiro atoms. The van der Waals surface area contributed by atoms with Crippen LogP contribution in [0.1, 0.15) is 82.9 Å². The smallest absolute Gasteiger partial charge is 0.226 e. The summed E-state index contributed by atoms with van der Waals surface area (Å²) in [6, 6.07) is 15.7. The van der Waals surface area contributed by atoms with E-state index in [0.29, 0.717) is 18.0 Å². The summed E-state index contributed by atoms with van der Waals surface area (Å²) >= 11 is 0. The van der Waals surface area contributed by atoms with Crippen LogP contribution in [0.25, 0.3) is 16.7 Å². The van der Waals surface area contributed by atoms with Gasteiger partial charge in [-0.3, -0.25) is 14.3 Å². The van der Waals surface area contributed by atoms with E-state index >= 15 is 0 Å². The lowest BCUT2D eigenvalue weighted by Crippen LogP contribution is -2.52. The second-order valence-electron chi connectivity index (χ2n) is 11.7. The molecule has 2 aliphatic carbocycles. The number of likely N-dealkylation sites (tertiary alicyclic amines) is 1. The van der Waals surface area contributed by atoms with Gasteiger partial charge in [0.05, 0.1) is 17.6 Å². The SMILES string of the molecule is O=C(C1CCN(Cc2nc3ccccc3n2-c2ccc(F)cc2)CC1)N(C1CCCCC1)C1CCCCC1. The summed E-state index contributed by atoms with van der Waals surface area (Å²) in [5.41, 5.74) is 2.91. The van der Waals surface area contributed by atoms with Crippen LogP contribution in [0.2, 0.25) is 0 Å². The van der Waals surface area contributed by atoms with E-state index in [4.69, 9.17) is 4.98 Å². The maximum atomic E-state index is 14.0. The summed E-state index contributed by atoms with van der Waals surface area (Å²) in [5.74, 6) is 1.32. The third kappa shape index (κ3) is 5.38. The molecule has 0 N–H and O–H groups in total. The number of fused-ring (bicyclic) bond motifs is 1. The van der Waals surface area contributed by atoms with Crippen molar-refractivity contribution in [2.45, 2.75) is 95.7 Å². The Kier molecular flexibility index (Phi) is 7.77. The van der Waals surface area contributed by atoms with Crippen molar-refractivity contribution in [3.8, 4) is 5.69 Å². The molecule has 1 saturated heterocycles. The van der Waals surface area contributed by atoms with E-state index in [9.17, 15) is 9.18 Å². The van der Waals surface area contributed by atoms with Crippen molar-refractivity contribution in [3.05, 3.63) is 60.2 Å². The van der Waals surface area contributed by atoms with Gasteiger partial charge < -0.3 is 4.90 Å². The quantitative estimate of drug-likeness (QED) is 0.359. The topological polar surface area (TPSA) is 41.4 Å². The number of amides is 1. The van der Waals surface area contributed by atoms with Gasteiger partial charge in [0, 0.05) is 23.7 Å². The minimum absolute atomic E-state index is 0.144. The molecule has 202 valence electrons. The molecule has 0 bridgehead atoms. The number of aromatic nitrogens is 2. The largest absolute Gasteiger partial charge is 0.336 e. The van der Waals surface area contributed by atoms with Crippen LogP contribution in [0.15, 0.2) is 48.5 Å². The van der Waals surface area contributed by atoms with Gasteiger partial charge in [0.2, 0.25) is 5.91 Å². The molecule has 3 aliphatic rings. The molecule has 0 radical (unpaired) electrons. The molecule has 0 atom stereocenters. The zero-order valence-electron chi connectivity index (χ0n) is 22.5. The van der Waals surface area contributed by atoms with Gasteiger partial charge in [-0.1, -0.05) is 50.7 Å². The fourth-order valence-electron chi connectivity index (χ4n) is 7.19. The van der Waals surface area contributed by atoms with Crippen molar-refractivity contribution in [1.82, 2.24) is 19.4 Å². The number of carbonyl (C=O) groups excluding carboxylic acids is 1. The summed E-state index contributed by atoms with van der Waals surface area (Å²) in [6.45, 7) is 2.54. The predicted octanol–water partition coefficient (Wildman–Crippen LogP) is 6.87. The van der Waals surface area contributed by atoms with Crippen molar-refractivity contribution in [2.24, 2.45) is 5.92 Å². The van der Waals surface area contributed by atoms with E-state index in [0.717, 1.165) is 55.0 Å². The van der Waals surface area contributed by atoms with Crippen LogP contribution in [0.4, 0.5) is 4.39 Å². The molecule has 3 fully saturated rings. The highest BCUT2D eigenvalue weighted by Gasteiger charge is 2.37. The minimum atomic E-state index is -0.234. The summed E-state index contributed by atoms with van der Waals surface area (Å²) < 4.78 is 15.8. The fraction of sp³-hybridized carbons (Fsp3) is 0.562. The lowest BCUT2D eigenvalue weighted by Gasteiger charge is -2.44. The molecule has 3 aromatic rings. The Bertz CT molecular complexity index is 1200. The molecule has 2 aromatic carbocycles. The molecular formula is C32H41FN4O. The maximum absolute atomic E-state index is 14.0. The first-order chi connectivity index (χ1) is 18.7. The van der Waals surface area contributed by atoms with Crippen LogP contribution in [-0.4, -0.2) is 50.4 Å². The average molecular weight is 517 g/mol. The van der Waals surface area contributed by atoms with Crippen molar-refractivity contribution in [2.75, 3.05) is 13.1 Å². The Balaban J connectivity index is 1.16. The molecule has 38 heavy (non-hydrogen) atoms. The fourth-order valence-corrected chi connectivity index (χ4v) is 7.19. The van der Waals surface area contributed by atoms with Gasteiger partial charge in [0.25, 0.3) is 0 Å². The standard InChI is InChI=1S/C32H41FN4O/c33-25-15-17-28(18-16-25)37-30-14-8-7-13-29(30)34-31(37)23-35-21-19-24(20-22-35)32(38)36(26-9-3-1-4-10-26)27-11-5-2-6-12-27/h7-8,13-18,24,26-27H,1-6,9-12,19-23H2. The lowest BCUT2D eigenvalue weighted by atomic mass is 9.86. The van der Waals surface area contributed by atoms with Gasteiger partial charge in [0.1, 0.15) is 11.6 Å². The summed E-state index contributed by atoms with van der Waals surface area (Å²) in [7, 11) is 0. The number of hydrogen-bond acceptors (Lipinski definition) is 3. The number of rotatable bonds is 6. The molecule has 6 rings (SSSR count). The number of piperidine rings is 1. The van der Waals surface area contributed by atoms with Crippen molar-refractivity contribution < 1.29 is 9.18 Å². The first-order valence-electron chi connectivity index (χ1n) is 14.9. The highest BCUT2D eigenvalue weighted by atomic mass is 19.1. The maximum Gasteiger partial charge on any atom is 0.226 e. The van der Waals surface area contributed by atoms with E-state index in [2.05, 4.69) is 20.4 Å². The molecule has 2 saturated carbocycles. The molecule has 1 aliphatic heterocycles. The van der Waals surface area contributed by atoms with Crippen LogP contribution in [-0.2, 0) is 11.3 Å². The number of nitrogens with zero attached hydrogens (tertiary/aromatic N) is 4. The van der Waals surface area contributed by atoms with Crippen LogP contribution >= 0.6 is 0 Å². The number of benzene rings is 2. The van der Waals surface area contributed by atoms with Crippen molar-refractivity contribution in [1.29, 1.82) is 0 Å². The molecule has 6 heteroatoms. The number of para-hydroxylation sites is 2. The van der Waals surface area contributed by atoms with E-state index in [1.54, 1.807) is 0 Å². The predicted molar refractivity (Wildman–Crippen MR) is 150 cm³/mol. The van der Waals surface area contributed by atoms with Gasteiger partial charge in [0.15, 0.2) is 0 Å². The van der Waals surface area contributed by atoms with Gasteiger partial charge in [-0.25, -0.2) is 9.37 Å². The Hall–Kier alpha value is -2.73. The average Bonchev–Trinajstić information content (AvgIpc) is 3.33. The van der Waals surface area contributed by atoms with Gasteiger partial charge in [-0.2, -0.15) is 0 Å². The number of carbonyl (C=O) groups is 1. The number of hydrogen-bond donors (Lipinski definition) is 0. The zero-order valence-corrected chi connectivity index (χ0v) is 22.5. The number of imidazole rings is 1. The highest BCUT2D eigenvalue weighted by Crippen LogP contribution is 2.33. The third-order valence-electron chi connectivity index (χ3n) is 9.21. The summed E-state index contributed by atoms with van der Waals surface area (Å²) in [5, 5.41) is 0. The first-order valence-corrected chi connectivity index (χ1v) is 14.9. The number of halogens is 1. The van der Waals surface area contributed by atoms with Crippen molar-refractivity contribution in [3.63, 3.8) is 0 Å². The van der Waals surface area contributed by atoms with Crippen LogP contribution in [0, 0.1) is 11.7 Å². The Morgan fingerprint density at radius 3 is 2.05 bits per heavy atom. The van der Waals surface area contributed by atoms with Crippen LogP contribution in [0.3, 0.4) is 0 Å². The molecular weight excluding hydrogens is 475 g/mol. The summed E-state index contributed by atoms with van der Waals surface area (Å²) in [6.07, 6.45) is 14.4. The Morgan fingerprint density at radius 1 is 0.816 bits per heavy atom. The van der Waals surface area contributed by atoms with Gasteiger partial charge in [-0.05, 0) is 88.0 Å². The minimum Gasteiger partial charge on any atom is -0.336 e. The van der Waals surface area contributed by atoms with E-state index in [1.165, 1.54) is 76.3 Å².